The molecule has 1 aromatic rings. The summed E-state index contributed by atoms with van der Waals surface area (Å²) in [5, 5.41) is 4.10. The molecule has 3 atom stereocenters. The van der Waals surface area contributed by atoms with E-state index in [2.05, 4.69) is 12.2 Å². The van der Waals surface area contributed by atoms with E-state index in [1.807, 2.05) is 29.2 Å². The van der Waals surface area contributed by atoms with Gasteiger partial charge in [0.1, 0.15) is 0 Å². The van der Waals surface area contributed by atoms with Gasteiger partial charge in [-0.05, 0) is 30.9 Å². The van der Waals surface area contributed by atoms with Crippen molar-refractivity contribution < 1.29 is 4.79 Å². The summed E-state index contributed by atoms with van der Waals surface area (Å²) in [7, 11) is 0. The van der Waals surface area contributed by atoms with Gasteiger partial charge in [-0.15, -0.1) is 12.4 Å². The fourth-order valence-corrected chi connectivity index (χ4v) is 3.24. The molecule has 5 heteroatoms. The molecule has 1 aromatic carbocycles. The second-order valence-electron chi connectivity index (χ2n) is 5.55. The molecule has 2 aliphatic rings. The van der Waals surface area contributed by atoms with Crippen LogP contribution in [0.2, 0.25) is 5.02 Å². The highest BCUT2D eigenvalue weighted by molar-refractivity contribution is 6.31. The molecular weight excluding hydrogens is 295 g/mol. The summed E-state index contributed by atoms with van der Waals surface area (Å²) < 4.78 is 0. The van der Waals surface area contributed by atoms with E-state index < -0.39 is 0 Å². The van der Waals surface area contributed by atoms with Crippen LogP contribution in [-0.2, 0) is 4.79 Å². The number of carbonyl (C=O) groups excluding carboxylic acids is 1. The molecule has 1 saturated carbocycles. The highest BCUT2D eigenvalue weighted by Crippen LogP contribution is 2.50. The fourth-order valence-electron chi connectivity index (χ4n) is 2.97. The molecule has 1 N–H and O–H groups in total. The molecule has 1 saturated heterocycles. The SMILES string of the molecule is C[C@H]1CNCCN1C(=O)C1CC1c1ccccc1Cl.Cl. The fraction of sp³-hybridized carbons (Fsp3) is 0.533. The van der Waals surface area contributed by atoms with Crippen LogP contribution in [0.3, 0.4) is 0 Å². The maximum atomic E-state index is 12.5. The van der Waals surface area contributed by atoms with Gasteiger partial charge in [-0.25, -0.2) is 0 Å². The van der Waals surface area contributed by atoms with E-state index in [9.17, 15) is 4.79 Å². The standard InChI is InChI=1S/C15H19ClN2O.ClH/c1-10-9-17-6-7-18(10)15(19)13-8-12(13)11-4-2-3-5-14(11)16;/h2-5,10,12-13,17H,6-9H2,1H3;1H/t10-,12?,13?;/m0./s1. The summed E-state index contributed by atoms with van der Waals surface area (Å²) in [6, 6.07) is 8.18. The van der Waals surface area contributed by atoms with Crippen molar-refractivity contribution in [3.8, 4) is 0 Å². The van der Waals surface area contributed by atoms with Crippen LogP contribution in [0.15, 0.2) is 24.3 Å². The molecule has 0 spiro atoms. The van der Waals surface area contributed by atoms with Gasteiger partial charge in [-0.1, -0.05) is 29.8 Å². The topological polar surface area (TPSA) is 32.3 Å². The van der Waals surface area contributed by atoms with Crippen LogP contribution in [0.5, 0.6) is 0 Å². The second kappa shape index (κ2) is 6.33. The molecule has 0 aromatic heterocycles. The number of nitrogens with one attached hydrogen (secondary N) is 1. The smallest absolute Gasteiger partial charge is 0.226 e. The van der Waals surface area contributed by atoms with E-state index >= 15 is 0 Å². The first-order valence-electron chi connectivity index (χ1n) is 6.94. The number of benzene rings is 1. The second-order valence-corrected chi connectivity index (χ2v) is 5.96. The van der Waals surface area contributed by atoms with Crippen LogP contribution < -0.4 is 5.32 Å². The number of amides is 1. The summed E-state index contributed by atoms with van der Waals surface area (Å²) >= 11 is 6.21. The zero-order valence-electron chi connectivity index (χ0n) is 11.5. The van der Waals surface area contributed by atoms with E-state index in [1.165, 1.54) is 0 Å². The lowest BCUT2D eigenvalue weighted by atomic mass is 10.1. The molecule has 1 heterocycles. The lowest BCUT2D eigenvalue weighted by Crippen LogP contribution is -2.52. The van der Waals surface area contributed by atoms with Crippen molar-refractivity contribution in [3.05, 3.63) is 34.9 Å². The predicted molar refractivity (Wildman–Crippen MR) is 83.6 cm³/mol. The van der Waals surface area contributed by atoms with Gasteiger partial charge in [0.15, 0.2) is 0 Å². The van der Waals surface area contributed by atoms with Gasteiger partial charge < -0.3 is 10.2 Å². The maximum absolute atomic E-state index is 12.5. The predicted octanol–water partition coefficient (Wildman–Crippen LogP) is 2.69. The van der Waals surface area contributed by atoms with Gasteiger partial charge in [-0.3, -0.25) is 4.79 Å². The van der Waals surface area contributed by atoms with Crippen LogP contribution >= 0.6 is 24.0 Å². The van der Waals surface area contributed by atoms with Gasteiger partial charge in [0, 0.05) is 36.6 Å². The quantitative estimate of drug-likeness (QED) is 0.910. The first-order chi connectivity index (χ1) is 9.18. The molecule has 1 aliphatic carbocycles. The number of rotatable bonds is 2. The van der Waals surface area contributed by atoms with Gasteiger partial charge in [0.2, 0.25) is 5.91 Å². The summed E-state index contributed by atoms with van der Waals surface area (Å²) in [6.45, 7) is 4.73. The first kappa shape index (κ1) is 15.6. The van der Waals surface area contributed by atoms with E-state index in [1.54, 1.807) is 0 Å². The highest BCUT2D eigenvalue weighted by atomic mass is 35.5. The minimum Gasteiger partial charge on any atom is -0.337 e. The molecule has 110 valence electrons. The number of carbonyl (C=O) groups is 1. The van der Waals surface area contributed by atoms with Crippen molar-refractivity contribution >= 4 is 29.9 Å². The molecule has 20 heavy (non-hydrogen) atoms. The molecule has 2 fully saturated rings. The lowest BCUT2D eigenvalue weighted by molar-refractivity contribution is -0.135. The summed E-state index contributed by atoms with van der Waals surface area (Å²) in [5.74, 6) is 0.766. The summed E-state index contributed by atoms with van der Waals surface area (Å²) in [4.78, 5) is 14.5. The first-order valence-corrected chi connectivity index (χ1v) is 7.32. The van der Waals surface area contributed by atoms with Crippen molar-refractivity contribution in [1.29, 1.82) is 0 Å². The third-order valence-electron chi connectivity index (χ3n) is 4.20. The minimum absolute atomic E-state index is 0. The molecule has 1 amide bonds. The third-order valence-corrected chi connectivity index (χ3v) is 4.54. The van der Waals surface area contributed by atoms with Crippen molar-refractivity contribution in [2.24, 2.45) is 5.92 Å². The van der Waals surface area contributed by atoms with E-state index in [0.29, 0.717) is 17.9 Å². The number of nitrogens with zero attached hydrogens (tertiary/aromatic N) is 1. The van der Waals surface area contributed by atoms with E-state index in [4.69, 9.17) is 11.6 Å². The van der Waals surface area contributed by atoms with Gasteiger partial charge in [-0.2, -0.15) is 0 Å². The van der Waals surface area contributed by atoms with E-state index in [-0.39, 0.29) is 18.3 Å². The molecule has 3 rings (SSSR count). The van der Waals surface area contributed by atoms with Crippen molar-refractivity contribution in [2.45, 2.75) is 25.3 Å². The molecule has 0 radical (unpaired) electrons. The molecule has 1 aliphatic heterocycles. The number of hydrogen-bond acceptors (Lipinski definition) is 2. The highest BCUT2D eigenvalue weighted by Gasteiger charge is 2.47. The Morgan fingerprint density at radius 1 is 1.40 bits per heavy atom. The Kier molecular flexibility index (Phi) is 4.95. The monoisotopic (exact) mass is 314 g/mol. The summed E-state index contributed by atoms with van der Waals surface area (Å²) in [6.07, 6.45) is 0.944. The molecule has 3 nitrogen and oxygen atoms in total. The van der Waals surface area contributed by atoms with E-state index in [0.717, 1.165) is 36.6 Å². The van der Waals surface area contributed by atoms with Crippen LogP contribution in [0.1, 0.15) is 24.8 Å². The van der Waals surface area contributed by atoms with Crippen molar-refractivity contribution in [2.75, 3.05) is 19.6 Å². The van der Waals surface area contributed by atoms with Crippen LogP contribution in [0.25, 0.3) is 0 Å². The maximum Gasteiger partial charge on any atom is 0.226 e. The van der Waals surface area contributed by atoms with Crippen molar-refractivity contribution in [1.82, 2.24) is 10.2 Å². The number of hydrogen-bond donors (Lipinski definition) is 1. The Morgan fingerprint density at radius 2 is 2.15 bits per heavy atom. The van der Waals surface area contributed by atoms with Gasteiger partial charge >= 0.3 is 0 Å². The molecule has 0 bridgehead atoms. The van der Waals surface area contributed by atoms with Crippen LogP contribution in [0, 0.1) is 5.92 Å². The van der Waals surface area contributed by atoms with Gasteiger partial charge in [0.05, 0.1) is 0 Å². The Hall–Kier alpha value is -0.770. The number of halogens is 2. The zero-order valence-corrected chi connectivity index (χ0v) is 13.1. The summed E-state index contributed by atoms with van der Waals surface area (Å²) in [5.41, 5.74) is 1.13. The number of piperazine rings is 1. The normalized spacial score (nSPS) is 28.7. The lowest BCUT2D eigenvalue weighted by Gasteiger charge is -2.34. The zero-order chi connectivity index (χ0) is 13.4. The Morgan fingerprint density at radius 3 is 2.85 bits per heavy atom. The Labute approximate surface area is 131 Å². The Bertz CT molecular complexity index is 495. The molecular formula is C15H20Cl2N2O. The average molecular weight is 315 g/mol. The Balaban J connectivity index is 0.00000147. The largest absolute Gasteiger partial charge is 0.337 e. The molecule has 2 unspecified atom stereocenters. The van der Waals surface area contributed by atoms with Gasteiger partial charge in [0.25, 0.3) is 0 Å². The van der Waals surface area contributed by atoms with Crippen LogP contribution in [-0.4, -0.2) is 36.5 Å². The minimum atomic E-state index is 0. The third kappa shape index (κ3) is 2.95. The van der Waals surface area contributed by atoms with Crippen molar-refractivity contribution in [3.63, 3.8) is 0 Å². The average Bonchev–Trinajstić information content (AvgIpc) is 3.19. The van der Waals surface area contributed by atoms with Crippen LogP contribution in [0.4, 0.5) is 0 Å².